The van der Waals surface area contributed by atoms with E-state index in [9.17, 15) is 9.59 Å². The first-order valence-electron chi connectivity index (χ1n) is 14.1. The largest absolute Gasteiger partial charge is 0.497 e. The van der Waals surface area contributed by atoms with Gasteiger partial charge in [-0.15, -0.1) is 11.8 Å². The van der Waals surface area contributed by atoms with E-state index in [0.717, 1.165) is 41.3 Å². The number of fused-ring (bicyclic) bond motifs is 1. The smallest absolute Gasteiger partial charge is 0.332 e. The normalized spacial score (nSPS) is 16.8. The van der Waals surface area contributed by atoms with E-state index in [1.54, 1.807) is 25.8 Å². The fraction of sp³-hybridized carbons (Fsp3) is 0.394. The van der Waals surface area contributed by atoms with Crippen LogP contribution >= 0.6 is 11.8 Å². The maximum atomic E-state index is 14.2. The van der Waals surface area contributed by atoms with Crippen molar-refractivity contribution >= 4 is 29.3 Å². The summed E-state index contributed by atoms with van der Waals surface area (Å²) in [6.45, 7) is 5.95. The summed E-state index contributed by atoms with van der Waals surface area (Å²) in [5.41, 5.74) is 4.38. The van der Waals surface area contributed by atoms with Gasteiger partial charge in [0.2, 0.25) is 0 Å². The van der Waals surface area contributed by atoms with Crippen molar-refractivity contribution in [3.63, 3.8) is 0 Å². The zero-order chi connectivity index (χ0) is 29.2. The molecule has 0 N–H and O–H groups in total. The molecular formula is C33H40N2O5S. The quantitative estimate of drug-likeness (QED) is 0.242. The van der Waals surface area contributed by atoms with Crippen LogP contribution < -0.4 is 9.64 Å². The fourth-order valence-corrected chi connectivity index (χ4v) is 6.20. The highest BCUT2D eigenvalue weighted by molar-refractivity contribution is 7.99. The first-order valence-corrected chi connectivity index (χ1v) is 15.0. The lowest BCUT2D eigenvalue weighted by Crippen LogP contribution is -2.45. The Hall–Kier alpha value is -3.33. The predicted octanol–water partition coefficient (Wildman–Crippen LogP) is 5.70. The molecule has 0 aliphatic carbocycles. The van der Waals surface area contributed by atoms with E-state index in [1.165, 1.54) is 11.1 Å². The number of methoxy groups -OCH3 is 1. The number of para-hydroxylation sites is 1. The summed E-state index contributed by atoms with van der Waals surface area (Å²) in [4.78, 5) is 31.5. The summed E-state index contributed by atoms with van der Waals surface area (Å²) in [5, 5.41) is -0.360. The second-order valence-electron chi connectivity index (χ2n) is 10.2. The van der Waals surface area contributed by atoms with E-state index in [-0.39, 0.29) is 24.4 Å². The Bertz CT molecular complexity index is 1280. The molecule has 0 saturated carbocycles. The lowest BCUT2D eigenvalue weighted by molar-refractivity contribution is -0.152. The molecule has 1 heterocycles. The van der Waals surface area contributed by atoms with Gasteiger partial charge in [0, 0.05) is 18.0 Å². The molecule has 218 valence electrons. The Morgan fingerprint density at radius 2 is 1.73 bits per heavy atom. The molecule has 1 aliphatic heterocycles. The van der Waals surface area contributed by atoms with Crippen LogP contribution in [0.4, 0.5) is 5.69 Å². The van der Waals surface area contributed by atoms with Crippen LogP contribution in [0.15, 0.2) is 77.7 Å². The standard InChI is InChI=1S/C33H40N2O5S/c1-5-39-30(36)23-40-31-32(26-16-18-27(38-4)19-17-26)41-29-11-7-6-10-28(29)35(33(31)37)22-21-34(3)20-8-9-25-14-12-24(2)13-15-25/h6-7,10-19,31-32H,5,8-9,20-23H2,1-4H3/t31-,32+/m0/s1. The minimum Gasteiger partial charge on any atom is -0.497 e. The Labute approximate surface area is 247 Å². The zero-order valence-electron chi connectivity index (χ0n) is 24.4. The second-order valence-corrected chi connectivity index (χ2v) is 11.4. The molecule has 0 aromatic heterocycles. The Morgan fingerprint density at radius 1 is 1.00 bits per heavy atom. The molecule has 3 aromatic rings. The first kappa shape index (κ1) is 30.6. The van der Waals surface area contributed by atoms with E-state index in [1.807, 2.05) is 53.4 Å². The van der Waals surface area contributed by atoms with E-state index >= 15 is 0 Å². The lowest BCUT2D eigenvalue weighted by Gasteiger charge is -2.29. The van der Waals surface area contributed by atoms with Crippen LogP contribution in [0.5, 0.6) is 5.75 Å². The third-order valence-electron chi connectivity index (χ3n) is 7.16. The molecule has 0 saturated heterocycles. The third kappa shape index (κ3) is 8.35. The molecule has 1 amide bonds. The van der Waals surface area contributed by atoms with Crippen molar-refractivity contribution in [2.24, 2.45) is 0 Å². The molecule has 0 fully saturated rings. The molecule has 7 nitrogen and oxygen atoms in total. The number of carbonyl (C=O) groups excluding carboxylic acids is 2. The molecule has 0 spiro atoms. The molecule has 4 rings (SSSR count). The number of benzene rings is 3. The van der Waals surface area contributed by atoms with Gasteiger partial charge in [-0.1, -0.05) is 54.1 Å². The Balaban J connectivity index is 1.52. The van der Waals surface area contributed by atoms with Crippen molar-refractivity contribution in [2.45, 2.75) is 42.9 Å². The van der Waals surface area contributed by atoms with Crippen LogP contribution in [0, 0.1) is 6.92 Å². The Kier molecular flexibility index (Phi) is 11.2. The summed E-state index contributed by atoms with van der Waals surface area (Å²) >= 11 is 1.58. The zero-order valence-corrected chi connectivity index (χ0v) is 25.2. The lowest BCUT2D eigenvalue weighted by atomic mass is 10.1. The number of esters is 1. The van der Waals surface area contributed by atoms with Crippen LogP contribution in [-0.2, 0) is 25.5 Å². The van der Waals surface area contributed by atoms with Crippen LogP contribution in [0.25, 0.3) is 0 Å². The van der Waals surface area contributed by atoms with Crippen molar-refractivity contribution in [3.8, 4) is 5.75 Å². The maximum Gasteiger partial charge on any atom is 0.332 e. The van der Waals surface area contributed by atoms with Crippen LogP contribution in [0.1, 0.15) is 35.3 Å². The molecular weight excluding hydrogens is 536 g/mol. The predicted molar refractivity (Wildman–Crippen MR) is 164 cm³/mol. The number of ether oxygens (including phenoxy) is 3. The number of rotatable bonds is 13. The summed E-state index contributed by atoms with van der Waals surface area (Å²) < 4.78 is 16.5. The van der Waals surface area contributed by atoms with E-state index < -0.39 is 12.1 Å². The van der Waals surface area contributed by atoms with Gasteiger partial charge in [-0.05, 0) is 75.7 Å². The van der Waals surface area contributed by atoms with Gasteiger partial charge < -0.3 is 24.0 Å². The Morgan fingerprint density at radius 3 is 2.44 bits per heavy atom. The van der Waals surface area contributed by atoms with Gasteiger partial charge in [0.1, 0.15) is 12.4 Å². The molecule has 3 aromatic carbocycles. The van der Waals surface area contributed by atoms with Gasteiger partial charge in [0.15, 0.2) is 6.10 Å². The SMILES string of the molecule is CCOC(=O)CO[C@@H]1C(=O)N(CCN(C)CCCc2ccc(C)cc2)c2ccccc2S[C@@H]1c1ccc(OC)cc1. The third-order valence-corrected chi connectivity index (χ3v) is 8.53. The summed E-state index contributed by atoms with van der Waals surface area (Å²) in [6, 6.07) is 24.3. The van der Waals surface area contributed by atoms with Crippen molar-refractivity contribution in [2.75, 3.05) is 51.9 Å². The van der Waals surface area contributed by atoms with Crippen LogP contribution in [-0.4, -0.2) is 69.9 Å². The maximum absolute atomic E-state index is 14.2. The number of anilines is 1. The average molecular weight is 577 g/mol. The minimum absolute atomic E-state index is 0.166. The number of carbonyl (C=O) groups is 2. The number of hydrogen-bond acceptors (Lipinski definition) is 7. The number of nitrogens with zero attached hydrogens (tertiary/aromatic N) is 2. The van der Waals surface area contributed by atoms with E-state index in [4.69, 9.17) is 14.2 Å². The summed E-state index contributed by atoms with van der Waals surface area (Å²) in [7, 11) is 3.71. The molecule has 41 heavy (non-hydrogen) atoms. The molecule has 0 bridgehead atoms. The molecule has 1 aliphatic rings. The highest BCUT2D eigenvalue weighted by Gasteiger charge is 2.39. The number of likely N-dealkylation sites (N-methyl/N-ethyl adjacent to an activating group) is 1. The summed E-state index contributed by atoms with van der Waals surface area (Å²) in [6.07, 6.45) is 1.17. The minimum atomic E-state index is -0.878. The highest BCUT2D eigenvalue weighted by Crippen LogP contribution is 2.46. The van der Waals surface area contributed by atoms with Gasteiger partial charge in [0.25, 0.3) is 5.91 Å². The second kappa shape index (κ2) is 15.1. The van der Waals surface area contributed by atoms with Crippen molar-refractivity contribution < 1.29 is 23.8 Å². The number of hydrogen-bond donors (Lipinski definition) is 0. The molecule has 0 unspecified atom stereocenters. The molecule has 8 heteroatoms. The number of amides is 1. The molecule has 2 atom stereocenters. The molecule has 0 radical (unpaired) electrons. The van der Waals surface area contributed by atoms with Crippen molar-refractivity contribution in [3.05, 3.63) is 89.5 Å². The van der Waals surface area contributed by atoms with Gasteiger partial charge in [-0.25, -0.2) is 4.79 Å². The van der Waals surface area contributed by atoms with Gasteiger partial charge in [0.05, 0.1) is 24.7 Å². The summed E-state index contributed by atoms with van der Waals surface area (Å²) in [5.74, 6) is 0.0798. The van der Waals surface area contributed by atoms with Gasteiger partial charge in [-0.2, -0.15) is 0 Å². The monoisotopic (exact) mass is 576 g/mol. The van der Waals surface area contributed by atoms with E-state index in [2.05, 4.69) is 43.1 Å². The van der Waals surface area contributed by atoms with E-state index in [0.29, 0.717) is 13.1 Å². The van der Waals surface area contributed by atoms with Crippen molar-refractivity contribution in [1.29, 1.82) is 0 Å². The van der Waals surface area contributed by atoms with Crippen molar-refractivity contribution in [1.82, 2.24) is 4.90 Å². The number of aryl methyl sites for hydroxylation is 2. The van der Waals surface area contributed by atoms with Crippen LogP contribution in [0.3, 0.4) is 0 Å². The number of thioether (sulfide) groups is 1. The van der Waals surface area contributed by atoms with Crippen LogP contribution in [0.2, 0.25) is 0 Å². The van der Waals surface area contributed by atoms with Gasteiger partial charge in [-0.3, -0.25) is 4.79 Å². The topological polar surface area (TPSA) is 68.3 Å². The van der Waals surface area contributed by atoms with Gasteiger partial charge >= 0.3 is 5.97 Å². The highest BCUT2D eigenvalue weighted by atomic mass is 32.2. The fourth-order valence-electron chi connectivity index (χ4n) is 4.86. The first-order chi connectivity index (χ1) is 19.9. The average Bonchev–Trinajstić information content (AvgIpc) is 3.10.